The van der Waals surface area contributed by atoms with Gasteiger partial charge >= 0.3 is 0 Å². The molecule has 1 aliphatic heterocycles. The Morgan fingerprint density at radius 2 is 2.20 bits per heavy atom. The predicted octanol–water partition coefficient (Wildman–Crippen LogP) is 1.79. The minimum Gasteiger partial charge on any atom is -0.336 e. The molecular weight excluding hydrogens is 276 g/mol. The fraction of sp³-hybridized carbons (Fsp3) is 0.500. The first-order valence-electron chi connectivity index (χ1n) is 6.69. The van der Waals surface area contributed by atoms with Crippen LogP contribution in [-0.2, 0) is 0 Å². The Kier molecular flexibility index (Phi) is 4.94. The zero-order valence-electron chi connectivity index (χ0n) is 11.4. The number of hydrogen-bond donors (Lipinski definition) is 0. The molecule has 1 aromatic rings. The van der Waals surface area contributed by atoms with Crippen molar-refractivity contribution in [2.24, 2.45) is 0 Å². The van der Waals surface area contributed by atoms with Gasteiger partial charge in [-0.1, -0.05) is 18.5 Å². The Balaban J connectivity index is 1.99. The molecule has 0 radical (unpaired) electrons. The molecular formula is C14H17ClN4O. The van der Waals surface area contributed by atoms with Crippen LogP contribution in [0, 0.1) is 11.3 Å². The van der Waals surface area contributed by atoms with Crippen LogP contribution in [0.5, 0.6) is 0 Å². The number of pyridine rings is 1. The molecule has 1 saturated heterocycles. The van der Waals surface area contributed by atoms with E-state index in [9.17, 15) is 4.79 Å². The monoisotopic (exact) mass is 292 g/mol. The molecule has 0 spiro atoms. The van der Waals surface area contributed by atoms with Gasteiger partial charge in [-0.25, -0.2) is 0 Å². The second kappa shape index (κ2) is 6.69. The number of nitrogens with zero attached hydrogens (tertiary/aromatic N) is 4. The van der Waals surface area contributed by atoms with E-state index in [-0.39, 0.29) is 11.9 Å². The SMILES string of the molecule is CCC(C#N)N1CCN(C(=O)c2ccncc2Cl)CC1. The molecule has 1 aliphatic rings. The van der Waals surface area contributed by atoms with Crippen LogP contribution in [0.3, 0.4) is 0 Å². The largest absolute Gasteiger partial charge is 0.336 e. The minimum atomic E-state index is -0.0675. The average molecular weight is 293 g/mol. The Bertz CT molecular complexity index is 520. The Labute approximate surface area is 123 Å². The van der Waals surface area contributed by atoms with E-state index in [1.54, 1.807) is 17.2 Å². The van der Waals surface area contributed by atoms with Gasteiger partial charge in [0.25, 0.3) is 5.91 Å². The summed E-state index contributed by atoms with van der Waals surface area (Å²) < 4.78 is 0. The number of piperazine rings is 1. The number of rotatable bonds is 3. The van der Waals surface area contributed by atoms with Gasteiger partial charge < -0.3 is 4.90 Å². The lowest BCUT2D eigenvalue weighted by Crippen LogP contribution is -2.51. The molecule has 20 heavy (non-hydrogen) atoms. The number of nitriles is 1. The summed E-state index contributed by atoms with van der Waals surface area (Å²) in [5.74, 6) is -0.0675. The third-order valence-corrected chi connectivity index (χ3v) is 3.88. The highest BCUT2D eigenvalue weighted by atomic mass is 35.5. The van der Waals surface area contributed by atoms with Crippen LogP contribution in [0.4, 0.5) is 0 Å². The molecule has 1 unspecified atom stereocenters. The number of aromatic nitrogens is 1. The lowest BCUT2D eigenvalue weighted by atomic mass is 10.1. The maximum Gasteiger partial charge on any atom is 0.255 e. The summed E-state index contributed by atoms with van der Waals surface area (Å²) in [5, 5.41) is 9.45. The van der Waals surface area contributed by atoms with Crippen molar-refractivity contribution in [1.82, 2.24) is 14.8 Å². The minimum absolute atomic E-state index is 0.0586. The molecule has 1 fully saturated rings. The second-order valence-corrected chi connectivity index (χ2v) is 5.14. The van der Waals surface area contributed by atoms with Crippen molar-refractivity contribution in [2.75, 3.05) is 26.2 Å². The first kappa shape index (κ1) is 14.8. The van der Waals surface area contributed by atoms with Crippen molar-refractivity contribution in [3.8, 4) is 6.07 Å². The highest BCUT2D eigenvalue weighted by Crippen LogP contribution is 2.17. The third kappa shape index (κ3) is 3.09. The summed E-state index contributed by atoms with van der Waals surface area (Å²) in [4.78, 5) is 20.2. The molecule has 0 bridgehead atoms. The van der Waals surface area contributed by atoms with Crippen LogP contribution in [0.15, 0.2) is 18.5 Å². The zero-order chi connectivity index (χ0) is 14.5. The van der Waals surface area contributed by atoms with Gasteiger partial charge in [0.05, 0.1) is 22.7 Å². The van der Waals surface area contributed by atoms with Crippen LogP contribution >= 0.6 is 11.6 Å². The van der Waals surface area contributed by atoms with Gasteiger partial charge in [-0.05, 0) is 12.5 Å². The van der Waals surface area contributed by atoms with Crippen LogP contribution in [-0.4, -0.2) is 52.9 Å². The van der Waals surface area contributed by atoms with Gasteiger partial charge in [-0.15, -0.1) is 0 Å². The molecule has 0 aliphatic carbocycles. The number of amides is 1. The Morgan fingerprint density at radius 1 is 1.50 bits per heavy atom. The number of halogens is 1. The van der Waals surface area contributed by atoms with E-state index in [2.05, 4.69) is 16.0 Å². The first-order chi connectivity index (χ1) is 9.67. The zero-order valence-corrected chi connectivity index (χ0v) is 12.2. The van der Waals surface area contributed by atoms with E-state index in [1.807, 2.05) is 6.92 Å². The fourth-order valence-corrected chi connectivity index (χ4v) is 2.59. The van der Waals surface area contributed by atoms with Crippen LogP contribution in [0.1, 0.15) is 23.7 Å². The lowest BCUT2D eigenvalue weighted by Gasteiger charge is -2.36. The van der Waals surface area contributed by atoms with Crippen LogP contribution < -0.4 is 0 Å². The van der Waals surface area contributed by atoms with E-state index < -0.39 is 0 Å². The summed E-state index contributed by atoms with van der Waals surface area (Å²) in [5.41, 5.74) is 0.488. The van der Waals surface area contributed by atoms with Gasteiger partial charge in [0.15, 0.2) is 0 Å². The Hall–Kier alpha value is -1.64. The van der Waals surface area contributed by atoms with E-state index in [0.717, 1.165) is 19.5 Å². The van der Waals surface area contributed by atoms with E-state index in [4.69, 9.17) is 16.9 Å². The van der Waals surface area contributed by atoms with Crippen LogP contribution in [0.2, 0.25) is 5.02 Å². The van der Waals surface area contributed by atoms with Crippen molar-refractivity contribution in [2.45, 2.75) is 19.4 Å². The van der Waals surface area contributed by atoms with Crippen molar-refractivity contribution in [1.29, 1.82) is 5.26 Å². The molecule has 2 heterocycles. The topological polar surface area (TPSA) is 60.2 Å². The molecule has 2 rings (SSSR count). The second-order valence-electron chi connectivity index (χ2n) is 4.74. The summed E-state index contributed by atoms with van der Waals surface area (Å²) in [6.07, 6.45) is 3.85. The molecule has 5 nitrogen and oxygen atoms in total. The highest BCUT2D eigenvalue weighted by molar-refractivity contribution is 6.33. The molecule has 1 amide bonds. The van der Waals surface area contributed by atoms with Gasteiger partial charge in [-0.3, -0.25) is 14.7 Å². The maximum atomic E-state index is 12.4. The average Bonchev–Trinajstić information content (AvgIpc) is 2.49. The quantitative estimate of drug-likeness (QED) is 0.852. The number of carbonyl (C=O) groups is 1. The van der Waals surface area contributed by atoms with Gasteiger partial charge in [0.1, 0.15) is 0 Å². The summed E-state index contributed by atoms with van der Waals surface area (Å²) in [6, 6.07) is 3.88. The number of hydrogen-bond acceptors (Lipinski definition) is 4. The van der Waals surface area contributed by atoms with Gasteiger partial charge in [-0.2, -0.15) is 5.26 Å². The summed E-state index contributed by atoms with van der Waals surface area (Å²) in [7, 11) is 0. The van der Waals surface area contributed by atoms with E-state index in [0.29, 0.717) is 23.7 Å². The standard InChI is InChI=1S/C14H17ClN4O/c1-2-11(9-16)18-5-7-19(8-6-18)14(20)12-3-4-17-10-13(12)15/h3-4,10-11H,2,5-8H2,1H3. The molecule has 0 saturated carbocycles. The number of carbonyl (C=O) groups excluding carboxylic acids is 1. The summed E-state index contributed by atoms with van der Waals surface area (Å²) >= 11 is 6.00. The van der Waals surface area contributed by atoms with Crippen LogP contribution in [0.25, 0.3) is 0 Å². The van der Waals surface area contributed by atoms with E-state index >= 15 is 0 Å². The fourth-order valence-electron chi connectivity index (χ4n) is 2.39. The van der Waals surface area contributed by atoms with E-state index in [1.165, 1.54) is 6.20 Å². The Morgan fingerprint density at radius 3 is 2.75 bits per heavy atom. The van der Waals surface area contributed by atoms with Crippen molar-refractivity contribution < 1.29 is 4.79 Å². The molecule has 106 valence electrons. The summed E-state index contributed by atoms with van der Waals surface area (Å²) in [6.45, 7) is 4.69. The molecule has 1 atom stereocenters. The van der Waals surface area contributed by atoms with Gasteiger partial charge in [0.2, 0.25) is 0 Å². The maximum absolute atomic E-state index is 12.4. The normalized spacial score (nSPS) is 17.6. The molecule has 6 heteroatoms. The molecule has 0 N–H and O–H groups in total. The van der Waals surface area contributed by atoms with Crippen molar-refractivity contribution in [3.05, 3.63) is 29.0 Å². The highest BCUT2D eigenvalue weighted by Gasteiger charge is 2.26. The smallest absolute Gasteiger partial charge is 0.255 e. The first-order valence-corrected chi connectivity index (χ1v) is 7.07. The third-order valence-electron chi connectivity index (χ3n) is 3.58. The van der Waals surface area contributed by atoms with Crippen molar-refractivity contribution >= 4 is 17.5 Å². The predicted molar refractivity (Wildman–Crippen MR) is 76.4 cm³/mol. The molecule has 1 aromatic heterocycles. The van der Waals surface area contributed by atoms with Gasteiger partial charge in [0, 0.05) is 38.6 Å². The lowest BCUT2D eigenvalue weighted by molar-refractivity contribution is 0.0604. The molecule has 0 aromatic carbocycles. The van der Waals surface area contributed by atoms with Crippen molar-refractivity contribution in [3.63, 3.8) is 0 Å².